The molecular formula is C18H19Cl. The predicted molar refractivity (Wildman–Crippen MR) is 82.9 cm³/mol. The molecule has 0 amide bonds. The molecule has 0 N–H and O–H groups in total. The molecule has 0 aromatic heterocycles. The lowest BCUT2D eigenvalue weighted by Crippen LogP contribution is -2.13. The highest BCUT2D eigenvalue weighted by Gasteiger charge is 2.29. The third kappa shape index (κ3) is 2.19. The topological polar surface area (TPSA) is 0 Å². The van der Waals surface area contributed by atoms with Crippen LogP contribution >= 0.6 is 11.6 Å². The minimum atomic E-state index is 0.0745. The second-order valence-electron chi connectivity index (χ2n) is 6.17. The molecule has 2 aromatic carbocycles. The summed E-state index contributed by atoms with van der Waals surface area (Å²) in [5.74, 6) is 0. The van der Waals surface area contributed by atoms with Gasteiger partial charge in [-0.1, -0.05) is 56.3 Å². The Morgan fingerprint density at radius 1 is 1.05 bits per heavy atom. The van der Waals surface area contributed by atoms with Crippen LogP contribution in [0.2, 0.25) is 0 Å². The highest BCUT2D eigenvalue weighted by atomic mass is 35.5. The fourth-order valence-electron chi connectivity index (χ4n) is 2.95. The Bertz CT molecular complexity index is 606. The van der Waals surface area contributed by atoms with Gasteiger partial charge in [-0.2, -0.15) is 0 Å². The molecule has 19 heavy (non-hydrogen) atoms. The minimum Gasteiger partial charge on any atom is -0.118 e. The van der Waals surface area contributed by atoms with Gasteiger partial charge in [0.1, 0.15) is 0 Å². The summed E-state index contributed by atoms with van der Waals surface area (Å²) in [6, 6.07) is 15.5. The van der Waals surface area contributed by atoms with Gasteiger partial charge < -0.3 is 0 Å². The zero-order valence-electron chi connectivity index (χ0n) is 11.7. The van der Waals surface area contributed by atoms with Crippen LogP contribution in [0.25, 0.3) is 11.1 Å². The number of halogens is 1. The molecule has 0 aliphatic heterocycles. The third-order valence-electron chi connectivity index (χ3n) is 4.20. The molecule has 1 atom stereocenters. The van der Waals surface area contributed by atoms with E-state index in [9.17, 15) is 0 Å². The Morgan fingerprint density at radius 3 is 2.37 bits per heavy atom. The first-order valence-electron chi connectivity index (χ1n) is 6.85. The summed E-state index contributed by atoms with van der Waals surface area (Å²) in [7, 11) is 0. The van der Waals surface area contributed by atoms with Crippen LogP contribution in [0.5, 0.6) is 0 Å². The Balaban J connectivity index is 1.99. The molecule has 3 rings (SSSR count). The van der Waals surface area contributed by atoms with Crippen LogP contribution in [0.3, 0.4) is 0 Å². The van der Waals surface area contributed by atoms with Crippen LogP contribution in [0.1, 0.15) is 42.8 Å². The Labute approximate surface area is 120 Å². The molecule has 1 heteroatoms. The van der Waals surface area contributed by atoms with Crippen molar-refractivity contribution in [3.05, 3.63) is 59.2 Å². The standard InChI is InChI=1S/C18H19Cl/c1-12(19)13-4-6-14(7-5-13)17-9-8-16-10-15(17)11-18(16,2)3/h4-10,12H,11H2,1-3H3. The van der Waals surface area contributed by atoms with Crippen molar-refractivity contribution in [3.63, 3.8) is 0 Å². The highest BCUT2D eigenvalue weighted by molar-refractivity contribution is 6.20. The molecule has 1 unspecified atom stereocenters. The van der Waals surface area contributed by atoms with Crippen LogP contribution in [0, 0.1) is 0 Å². The van der Waals surface area contributed by atoms with Gasteiger partial charge in [0, 0.05) is 0 Å². The zero-order valence-corrected chi connectivity index (χ0v) is 12.5. The smallest absolute Gasteiger partial charge is 0.0557 e. The van der Waals surface area contributed by atoms with E-state index in [0.717, 1.165) is 6.42 Å². The maximum absolute atomic E-state index is 6.11. The molecule has 0 saturated carbocycles. The van der Waals surface area contributed by atoms with Crippen molar-refractivity contribution in [2.75, 3.05) is 0 Å². The van der Waals surface area contributed by atoms with E-state index in [1.807, 2.05) is 6.92 Å². The molecule has 2 bridgehead atoms. The highest BCUT2D eigenvalue weighted by Crippen LogP contribution is 2.40. The lowest BCUT2D eigenvalue weighted by atomic mass is 9.87. The molecule has 0 heterocycles. The summed E-state index contributed by atoms with van der Waals surface area (Å²) in [4.78, 5) is 0. The number of rotatable bonds is 2. The lowest BCUT2D eigenvalue weighted by molar-refractivity contribution is 0.548. The van der Waals surface area contributed by atoms with Crippen molar-refractivity contribution in [3.8, 4) is 11.1 Å². The third-order valence-corrected chi connectivity index (χ3v) is 4.45. The fraction of sp³-hybridized carbons (Fsp3) is 0.333. The van der Waals surface area contributed by atoms with Crippen LogP contribution in [-0.2, 0) is 11.8 Å². The normalized spacial score (nSPS) is 17.5. The van der Waals surface area contributed by atoms with Crippen molar-refractivity contribution >= 4 is 11.6 Å². The maximum Gasteiger partial charge on any atom is 0.0557 e. The average molecular weight is 271 g/mol. The first-order chi connectivity index (χ1) is 8.97. The Hall–Kier alpha value is -1.27. The largest absolute Gasteiger partial charge is 0.118 e. The van der Waals surface area contributed by atoms with E-state index in [1.54, 1.807) is 0 Å². The molecule has 0 saturated heterocycles. The van der Waals surface area contributed by atoms with Gasteiger partial charge in [0.25, 0.3) is 0 Å². The maximum atomic E-state index is 6.11. The second-order valence-corrected chi connectivity index (χ2v) is 6.83. The number of benzene rings is 2. The number of alkyl halides is 1. The van der Waals surface area contributed by atoms with E-state index < -0.39 is 0 Å². The van der Waals surface area contributed by atoms with E-state index in [4.69, 9.17) is 11.6 Å². The predicted octanol–water partition coefficient (Wildman–Crippen LogP) is 5.49. The average Bonchev–Trinajstić information content (AvgIpc) is 2.60. The summed E-state index contributed by atoms with van der Waals surface area (Å²) >= 11 is 6.11. The first-order valence-corrected chi connectivity index (χ1v) is 7.29. The van der Waals surface area contributed by atoms with Crippen LogP contribution in [-0.4, -0.2) is 0 Å². The van der Waals surface area contributed by atoms with E-state index in [-0.39, 0.29) is 10.8 Å². The SMILES string of the molecule is CC(Cl)c1ccc(-c2ccc3cc2CC3(C)C)cc1. The summed E-state index contributed by atoms with van der Waals surface area (Å²) in [5, 5.41) is 0.0745. The monoisotopic (exact) mass is 270 g/mol. The summed E-state index contributed by atoms with van der Waals surface area (Å²) in [6.07, 6.45) is 1.14. The minimum absolute atomic E-state index is 0.0745. The molecule has 98 valence electrons. The summed E-state index contributed by atoms with van der Waals surface area (Å²) in [5.41, 5.74) is 7.05. The van der Waals surface area contributed by atoms with Gasteiger partial charge in [-0.25, -0.2) is 0 Å². The number of fused-ring (bicyclic) bond motifs is 2. The fourth-order valence-corrected chi connectivity index (χ4v) is 3.09. The Kier molecular flexibility index (Phi) is 2.94. The van der Waals surface area contributed by atoms with Crippen molar-refractivity contribution in [1.29, 1.82) is 0 Å². The molecule has 1 aliphatic carbocycles. The van der Waals surface area contributed by atoms with Crippen molar-refractivity contribution in [2.45, 2.75) is 38.0 Å². The van der Waals surface area contributed by atoms with Crippen molar-refractivity contribution in [2.24, 2.45) is 0 Å². The van der Waals surface area contributed by atoms with Crippen molar-refractivity contribution < 1.29 is 0 Å². The second kappa shape index (κ2) is 4.38. The molecule has 0 radical (unpaired) electrons. The molecule has 0 nitrogen and oxygen atoms in total. The summed E-state index contributed by atoms with van der Waals surface area (Å²) < 4.78 is 0. The zero-order chi connectivity index (χ0) is 13.6. The van der Waals surface area contributed by atoms with Gasteiger partial charge in [-0.3, -0.25) is 0 Å². The van der Waals surface area contributed by atoms with Gasteiger partial charge in [0.2, 0.25) is 0 Å². The van der Waals surface area contributed by atoms with Gasteiger partial charge >= 0.3 is 0 Å². The Morgan fingerprint density at radius 2 is 1.74 bits per heavy atom. The number of hydrogen-bond acceptors (Lipinski definition) is 0. The number of hydrogen-bond donors (Lipinski definition) is 0. The van der Waals surface area contributed by atoms with E-state index in [1.165, 1.54) is 27.8 Å². The van der Waals surface area contributed by atoms with Gasteiger partial charge in [0.15, 0.2) is 0 Å². The van der Waals surface area contributed by atoms with Crippen LogP contribution in [0.4, 0.5) is 0 Å². The quantitative estimate of drug-likeness (QED) is 0.633. The van der Waals surface area contributed by atoms with E-state index in [2.05, 4.69) is 56.3 Å². The van der Waals surface area contributed by atoms with Gasteiger partial charge in [0.05, 0.1) is 5.38 Å². The van der Waals surface area contributed by atoms with E-state index >= 15 is 0 Å². The summed E-state index contributed by atoms with van der Waals surface area (Å²) in [6.45, 7) is 6.64. The van der Waals surface area contributed by atoms with Crippen LogP contribution < -0.4 is 0 Å². The van der Waals surface area contributed by atoms with E-state index in [0.29, 0.717) is 0 Å². The first kappa shape index (κ1) is 12.7. The van der Waals surface area contributed by atoms with Gasteiger partial charge in [-0.15, -0.1) is 11.6 Å². The molecule has 2 aromatic rings. The lowest BCUT2D eigenvalue weighted by Gasteiger charge is -2.17. The van der Waals surface area contributed by atoms with Crippen molar-refractivity contribution in [1.82, 2.24) is 0 Å². The van der Waals surface area contributed by atoms with Gasteiger partial charge in [-0.05, 0) is 46.6 Å². The molecule has 1 aliphatic rings. The van der Waals surface area contributed by atoms with Crippen LogP contribution in [0.15, 0.2) is 42.5 Å². The molecule has 0 fully saturated rings. The molecular weight excluding hydrogens is 252 g/mol. The molecule has 0 spiro atoms.